The first-order valence-corrected chi connectivity index (χ1v) is 22.0. The van der Waals surface area contributed by atoms with Crippen LogP contribution in [0.3, 0.4) is 0 Å². The topological polar surface area (TPSA) is 0 Å². The monoisotopic (exact) mass is 739 g/mol. The molecule has 1 aromatic carbocycles. The largest absolute Gasteiger partial charge is 0.103 e. The molecule has 4 aliphatic carbocycles. The molecule has 0 nitrogen and oxygen atoms in total. The van der Waals surface area contributed by atoms with E-state index >= 15 is 0 Å². The maximum absolute atomic E-state index is 4.55. The Balaban J connectivity index is 0.000000793. The lowest BCUT2D eigenvalue weighted by molar-refractivity contribution is 0.378. The van der Waals surface area contributed by atoms with Gasteiger partial charge in [-0.1, -0.05) is 185 Å². The van der Waals surface area contributed by atoms with E-state index < -0.39 is 0 Å². The molecule has 306 valence electrons. The van der Waals surface area contributed by atoms with E-state index in [0.717, 1.165) is 47.5 Å². The summed E-state index contributed by atoms with van der Waals surface area (Å²) >= 11 is 0. The second-order valence-corrected chi connectivity index (χ2v) is 17.9. The Bertz CT molecular complexity index is 1330. The Labute approximate surface area is 339 Å². The van der Waals surface area contributed by atoms with Gasteiger partial charge in [0.1, 0.15) is 0 Å². The first-order chi connectivity index (χ1) is 25.3. The summed E-state index contributed by atoms with van der Waals surface area (Å²) in [7, 11) is 0. The standard InChI is InChI=1S/C25H36.C10H18.C9H14.2C4H8.C2H6/c1-8-23-24(25(23,6)7)22(16(2)3)13-17(4)18(5)21-14-19-11-9-10-12-20(19)15-21;1-6-7-9(4)10(5)8(2)3;1-3-4-8-6-9(8)5-7(9)2;1-4(2)3;1-3-4-2;1-2/h9-12,18,21-24H,2,4,8,13-15H2,1,3,5-7H3;9H,2,5-7H2,1,3-4H3;8H,2-6H2,1H3;1H2,2-3H3;3H,1,4H2,2H3;1-2H3. The number of hydrogen-bond acceptors (Lipinski definition) is 0. The van der Waals surface area contributed by atoms with Crippen molar-refractivity contribution >= 4 is 0 Å². The Morgan fingerprint density at radius 3 is 1.67 bits per heavy atom. The highest BCUT2D eigenvalue weighted by Gasteiger charge is 2.65. The van der Waals surface area contributed by atoms with Crippen LogP contribution in [-0.2, 0) is 12.8 Å². The van der Waals surface area contributed by atoms with E-state index in [4.69, 9.17) is 0 Å². The second-order valence-electron chi connectivity index (χ2n) is 17.9. The van der Waals surface area contributed by atoms with Crippen LogP contribution in [0.25, 0.3) is 0 Å². The molecule has 3 saturated carbocycles. The highest BCUT2D eigenvalue weighted by molar-refractivity contribution is 5.39. The number of allylic oxidation sites excluding steroid dienone is 7. The predicted octanol–water partition coefficient (Wildman–Crippen LogP) is 17.4. The number of fused-ring (bicyclic) bond motifs is 1. The third kappa shape index (κ3) is 15.9. The molecule has 0 bridgehead atoms. The van der Waals surface area contributed by atoms with Gasteiger partial charge in [0.15, 0.2) is 0 Å². The zero-order valence-electron chi connectivity index (χ0n) is 38.7. The molecule has 0 N–H and O–H groups in total. The maximum atomic E-state index is 4.55. The van der Waals surface area contributed by atoms with Crippen LogP contribution in [0.4, 0.5) is 0 Å². The number of hydrogen-bond donors (Lipinski definition) is 0. The second kappa shape index (κ2) is 24.8. The molecule has 0 radical (unpaired) electrons. The minimum absolute atomic E-state index is 0.478. The number of benzene rings is 1. The van der Waals surface area contributed by atoms with Gasteiger partial charge in [0.2, 0.25) is 0 Å². The van der Waals surface area contributed by atoms with Crippen LogP contribution in [0.5, 0.6) is 0 Å². The SMILES string of the molecule is C=C(C)C.C=C(C)C(=C)C(C)CCC.C=C(CC(C(=C)C)C1C(CC)C1(C)C)C(C)C1Cc2ccccc2C1.C=C1CC12CC2CCC.C=CCC.CC. The minimum atomic E-state index is 0.478. The van der Waals surface area contributed by atoms with Gasteiger partial charge in [-0.25, -0.2) is 0 Å². The molecule has 0 aliphatic heterocycles. The molecule has 1 spiro atoms. The fourth-order valence-corrected chi connectivity index (χ4v) is 8.84. The van der Waals surface area contributed by atoms with E-state index in [-0.39, 0.29) is 0 Å². The van der Waals surface area contributed by atoms with Crippen LogP contribution < -0.4 is 0 Å². The predicted molar refractivity (Wildman–Crippen MR) is 249 cm³/mol. The van der Waals surface area contributed by atoms with Gasteiger partial charge in [0.05, 0.1) is 0 Å². The van der Waals surface area contributed by atoms with Crippen molar-refractivity contribution in [2.24, 2.45) is 52.3 Å². The van der Waals surface area contributed by atoms with E-state index in [0.29, 0.717) is 23.2 Å². The van der Waals surface area contributed by atoms with E-state index in [1.54, 1.807) is 16.7 Å². The molecule has 0 saturated heterocycles. The van der Waals surface area contributed by atoms with Crippen LogP contribution in [0.15, 0.2) is 110 Å². The summed E-state index contributed by atoms with van der Waals surface area (Å²) < 4.78 is 0. The molecule has 5 rings (SSSR count). The van der Waals surface area contributed by atoms with E-state index in [2.05, 4.69) is 133 Å². The van der Waals surface area contributed by atoms with Crippen molar-refractivity contribution < 1.29 is 0 Å². The average Bonchev–Trinajstić information content (AvgIpc) is 4.03. The van der Waals surface area contributed by atoms with Gasteiger partial charge in [0, 0.05) is 0 Å². The van der Waals surface area contributed by atoms with Crippen molar-refractivity contribution in [3.63, 3.8) is 0 Å². The summed E-state index contributed by atoms with van der Waals surface area (Å²) in [6, 6.07) is 8.97. The molecule has 0 aromatic heterocycles. The lowest BCUT2D eigenvalue weighted by atomic mass is 9.78. The van der Waals surface area contributed by atoms with E-state index in [9.17, 15) is 0 Å². The first kappa shape index (κ1) is 51.4. The molecule has 1 aromatic rings. The molecule has 54 heavy (non-hydrogen) atoms. The summed E-state index contributed by atoms with van der Waals surface area (Å²) in [4.78, 5) is 0. The fraction of sp³-hybridized carbons (Fsp3) is 0.630. The summed E-state index contributed by atoms with van der Waals surface area (Å²) in [6.45, 7) is 58.4. The molecule has 7 atom stereocenters. The lowest BCUT2D eigenvalue weighted by Crippen LogP contribution is -2.18. The third-order valence-electron chi connectivity index (χ3n) is 12.7. The van der Waals surface area contributed by atoms with Crippen LogP contribution in [0.1, 0.15) is 166 Å². The minimum Gasteiger partial charge on any atom is -0.103 e. The highest BCUT2D eigenvalue weighted by atomic mass is 14.7. The molecule has 4 aliphatic rings. The third-order valence-corrected chi connectivity index (χ3v) is 12.7. The zero-order chi connectivity index (χ0) is 42.0. The molecule has 0 heterocycles. The lowest BCUT2D eigenvalue weighted by Gasteiger charge is -2.27. The molecular weight excluding hydrogens is 649 g/mol. The van der Waals surface area contributed by atoms with Gasteiger partial charge in [-0.2, -0.15) is 0 Å². The summed E-state index contributed by atoms with van der Waals surface area (Å²) in [6.07, 6.45) is 15.9. The Morgan fingerprint density at radius 1 is 0.870 bits per heavy atom. The molecule has 3 fully saturated rings. The van der Waals surface area contributed by atoms with Gasteiger partial charge in [0.25, 0.3) is 0 Å². The summed E-state index contributed by atoms with van der Waals surface area (Å²) in [5.41, 5.74) is 12.2. The summed E-state index contributed by atoms with van der Waals surface area (Å²) in [5.74, 6) is 5.24. The van der Waals surface area contributed by atoms with E-state index in [1.807, 2.05) is 40.7 Å². The van der Waals surface area contributed by atoms with Crippen molar-refractivity contribution in [2.45, 2.75) is 168 Å². The van der Waals surface area contributed by atoms with Gasteiger partial charge >= 0.3 is 0 Å². The van der Waals surface area contributed by atoms with Gasteiger partial charge in [-0.3, -0.25) is 0 Å². The van der Waals surface area contributed by atoms with Crippen LogP contribution in [0, 0.1) is 52.3 Å². The Morgan fingerprint density at radius 2 is 1.35 bits per heavy atom. The summed E-state index contributed by atoms with van der Waals surface area (Å²) in [5, 5.41) is 0. The van der Waals surface area contributed by atoms with Crippen molar-refractivity contribution in [1.82, 2.24) is 0 Å². The fourth-order valence-electron chi connectivity index (χ4n) is 8.84. The first-order valence-electron chi connectivity index (χ1n) is 22.0. The normalized spacial score (nSPS) is 23.4. The van der Waals surface area contributed by atoms with Gasteiger partial charge in [-0.15, -0.1) is 13.2 Å². The average molecular weight is 739 g/mol. The van der Waals surface area contributed by atoms with Crippen molar-refractivity contribution in [2.75, 3.05) is 0 Å². The molecule has 0 amide bonds. The molecular formula is C54H90. The van der Waals surface area contributed by atoms with E-state index in [1.165, 1.54) is 80.1 Å². The smallest absolute Gasteiger partial charge is 0.00217 e. The van der Waals surface area contributed by atoms with Crippen LogP contribution in [-0.4, -0.2) is 0 Å². The Kier molecular flexibility index (Phi) is 23.6. The zero-order valence-corrected chi connectivity index (χ0v) is 38.7. The van der Waals surface area contributed by atoms with Gasteiger partial charge in [-0.05, 0) is 142 Å². The number of rotatable bonds is 14. The van der Waals surface area contributed by atoms with Crippen molar-refractivity contribution in [3.8, 4) is 0 Å². The van der Waals surface area contributed by atoms with Crippen LogP contribution >= 0.6 is 0 Å². The maximum Gasteiger partial charge on any atom is -0.00217 e. The Hall–Kier alpha value is -2.60. The highest BCUT2D eigenvalue weighted by Crippen LogP contribution is 2.75. The van der Waals surface area contributed by atoms with Crippen LogP contribution in [0.2, 0.25) is 0 Å². The molecule has 0 heteroatoms. The van der Waals surface area contributed by atoms with Crippen molar-refractivity contribution in [1.29, 1.82) is 0 Å². The van der Waals surface area contributed by atoms with Crippen molar-refractivity contribution in [3.05, 3.63) is 121 Å². The molecule has 7 unspecified atom stereocenters. The quantitative estimate of drug-likeness (QED) is 0.132. The van der Waals surface area contributed by atoms with Gasteiger partial charge < -0.3 is 0 Å².